The Hall–Kier alpha value is -3.49. The summed E-state index contributed by atoms with van der Waals surface area (Å²) in [7, 11) is 1.24. The van der Waals surface area contributed by atoms with E-state index in [1.165, 1.54) is 31.4 Å². The van der Waals surface area contributed by atoms with Crippen LogP contribution in [0.5, 0.6) is 0 Å². The molecule has 0 spiro atoms. The molecule has 1 unspecified atom stereocenters. The van der Waals surface area contributed by atoms with Crippen molar-refractivity contribution in [2.75, 3.05) is 13.7 Å². The SMILES string of the molecule is CCC1(c2ccc(F)cc2)NC(=O)N(CC(=O)c2[nH]c(C)c(C(=O)OC)c2C)C1=O. The Morgan fingerprint density at radius 2 is 1.80 bits per heavy atom. The van der Waals surface area contributed by atoms with Crippen molar-refractivity contribution in [2.24, 2.45) is 0 Å². The number of aromatic nitrogens is 1. The van der Waals surface area contributed by atoms with Crippen LogP contribution in [0.4, 0.5) is 9.18 Å². The number of aryl methyl sites for hydroxylation is 1. The topological polar surface area (TPSA) is 109 Å². The van der Waals surface area contributed by atoms with Crippen molar-refractivity contribution in [3.63, 3.8) is 0 Å². The van der Waals surface area contributed by atoms with Gasteiger partial charge in [-0.2, -0.15) is 0 Å². The van der Waals surface area contributed by atoms with Gasteiger partial charge < -0.3 is 15.0 Å². The zero-order chi connectivity index (χ0) is 22.2. The summed E-state index contributed by atoms with van der Waals surface area (Å²) in [6, 6.07) is 4.57. The Labute approximate surface area is 172 Å². The van der Waals surface area contributed by atoms with Gasteiger partial charge in [-0.15, -0.1) is 0 Å². The molecule has 1 aromatic heterocycles. The lowest BCUT2D eigenvalue weighted by Crippen LogP contribution is -2.43. The molecule has 1 fully saturated rings. The Morgan fingerprint density at radius 1 is 1.17 bits per heavy atom. The van der Waals surface area contributed by atoms with Gasteiger partial charge in [0.05, 0.1) is 24.9 Å². The van der Waals surface area contributed by atoms with E-state index in [9.17, 15) is 23.6 Å². The number of amides is 3. The minimum atomic E-state index is -1.37. The molecule has 0 aliphatic carbocycles. The van der Waals surface area contributed by atoms with Crippen molar-refractivity contribution in [1.82, 2.24) is 15.2 Å². The number of nitrogens with zero attached hydrogens (tertiary/aromatic N) is 1. The molecular weight excluding hydrogens is 393 g/mol. The Balaban J connectivity index is 1.90. The summed E-state index contributed by atoms with van der Waals surface area (Å²) in [6.45, 7) is 4.42. The molecule has 8 nitrogen and oxygen atoms in total. The number of benzene rings is 1. The maximum Gasteiger partial charge on any atom is 0.339 e. The summed E-state index contributed by atoms with van der Waals surface area (Å²) in [5.74, 6) is -2.17. The predicted molar refractivity (Wildman–Crippen MR) is 105 cm³/mol. The van der Waals surface area contributed by atoms with Crippen molar-refractivity contribution >= 4 is 23.7 Å². The lowest BCUT2D eigenvalue weighted by atomic mass is 9.87. The third-order valence-corrected chi connectivity index (χ3v) is 5.45. The van der Waals surface area contributed by atoms with Gasteiger partial charge >= 0.3 is 12.0 Å². The van der Waals surface area contributed by atoms with Gasteiger partial charge in [0, 0.05) is 5.69 Å². The van der Waals surface area contributed by atoms with Crippen LogP contribution in [0.3, 0.4) is 0 Å². The number of ether oxygens (including phenoxy) is 1. The number of H-pyrrole nitrogens is 1. The summed E-state index contributed by atoms with van der Waals surface area (Å²) in [4.78, 5) is 54.2. The van der Waals surface area contributed by atoms with E-state index in [1.54, 1.807) is 20.8 Å². The molecule has 30 heavy (non-hydrogen) atoms. The first-order valence-electron chi connectivity index (χ1n) is 9.37. The van der Waals surface area contributed by atoms with Gasteiger partial charge in [-0.25, -0.2) is 14.0 Å². The number of Topliss-reactive ketones (excluding diaryl/α,β-unsaturated/α-hetero) is 1. The maximum absolute atomic E-state index is 13.3. The second kappa shape index (κ2) is 7.74. The Morgan fingerprint density at radius 3 is 2.37 bits per heavy atom. The molecule has 2 N–H and O–H groups in total. The highest BCUT2D eigenvalue weighted by molar-refractivity contribution is 6.12. The fourth-order valence-corrected chi connectivity index (χ4v) is 3.80. The molecule has 0 bridgehead atoms. The molecule has 158 valence electrons. The molecule has 3 amide bonds. The molecule has 1 aliphatic heterocycles. The van der Waals surface area contributed by atoms with E-state index < -0.39 is 41.6 Å². The van der Waals surface area contributed by atoms with Crippen molar-refractivity contribution in [3.8, 4) is 0 Å². The van der Waals surface area contributed by atoms with Gasteiger partial charge in [0.1, 0.15) is 11.4 Å². The first-order valence-corrected chi connectivity index (χ1v) is 9.37. The van der Waals surface area contributed by atoms with Crippen LogP contribution in [0.25, 0.3) is 0 Å². The van der Waals surface area contributed by atoms with Crippen molar-refractivity contribution in [2.45, 2.75) is 32.7 Å². The van der Waals surface area contributed by atoms with E-state index in [2.05, 4.69) is 10.3 Å². The van der Waals surface area contributed by atoms with Crippen LogP contribution in [-0.2, 0) is 15.1 Å². The monoisotopic (exact) mass is 415 g/mol. The number of aromatic amines is 1. The number of methoxy groups -OCH3 is 1. The van der Waals surface area contributed by atoms with E-state index in [0.29, 0.717) is 16.8 Å². The second-order valence-electron chi connectivity index (χ2n) is 7.13. The number of rotatable bonds is 6. The highest BCUT2D eigenvalue weighted by Gasteiger charge is 2.51. The second-order valence-corrected chi connectivity index (χ2v) is 7.13. The molecule has 2 aromatic rings. The maximum atomic E-state index is 13.3. The van der Waals surface area contributed by atoms with Gasteiger partial charge in [-0.3, -0.25) is 14.5 Å². The minimum Gasteiger partial charge on any atom is -0.465 e. The number of hydrogen-bond acceptors (Lipinski definition) is 5. The zero-order valence-electron chi connectivity index (χ0n) is 17.1. The molecule has 3 rings (SSSR count). The van der Waals surface area contributed by atoms with Gasteiger partial charge in [-0.05, 0) is 43.5 Å². The highest BCUT2D eigenvalue weighted by Crippen LogP contribution is 2.33. The van der Waals surface area contributed by atoms with Crippen LogP contribution in [0.15, 0.2) is 24.3 Å². The first-order chi connectivity index (χ1) is 14.2. The van der Waals surface area contributed by atoms with Crippen molar-refractivity contribution < 1.29 is 28.3 Å². The quantitative estimate of drug-likeness (QED) is 0.428. The number of carbonyl (C=O) groups excluding carboxylic acids is 4. The summed E-state index contributed by atoms with van der Waals surface area (Å²) in [5, 5.41) is 2.65. The first kappa shape index (κ1) is 21.2. The van der Waals surface area contributed by atoms with Crippen LogP contribution in [0, 0.1) is 19.7 Å². The molecular formula is C21H22FN3O5. The van der Waals surface area contributed by atoms with Crippen LogP contribution < -0.4 is 5.32 Å². The average molecular weight is 415 g/mol. The van der Waals surface area contributed by atoms with E-state index in [0.717, 1.165) is 4.90 Å². The Kier molecular flexibility index (Phi) is 5.47. The summed E-state index contributed by atoms with van der Waals surface area (Å²) < 4.78 is 18.0. The van der Waals surface area contributed by atoms with Crippen molar-refractivity contribution in [1.29, 1.82) is 0 Å². The number of esters is 1. The molecule has 1 aromatic carbocycles. The smallest absolute Gasteiger partial charge is 0.339 e. The lowest BCUT2D eigenvalue weighted by molar-refractivity contribution is -0.131. The summed E-state index contributed by atoms with van der Waals surface area (Å²) in [5.41, 5.74) is 0.269. The number of halogens is 1. The fraction of sp³-hybridized carbons (Fsp3) is 0.333. The lowest BCUT2D eigenvalue weighted by Gasteiger charge is -2.25. The molecule has 2 heterocycles. The summed E-state index contributed by atoms with van der Waals surface area (Å²) in [6.07, 6.45) is 0.223. The van der Waals surface area contributed by atoms with Gasteiger partial charge in [0.2, 0.25) is 0 Å². The predicted octanol–water partition coefficient (Wildman–Crippen LogP) is 2.60. The number of urea groups is 1. The molecule has 9 heteroatoms. The largest absolute Gasteiger partial charge is 0.465 e. The number of imide groups is 1. The molecule has 1 aliphatic rings. The normalized spacial score (nSPS) is 18.5. The third-order valence-electron chi connectivity index (χ3n) is 5.45. The van der Waals surface area contributed by atoms with E-state index in [-0.39, 0.29) is 17.7 Å². The van der Waals surface area contributed by atoms with Gasteiger partial charge in [0.15, 0.2) is 5.78 Å². The van der Waals surface area contributed by atoms with E-state index >= 15 is 0 Å². The number of carbonyl (C=O) groups is 4. The minimum absolute atomic E-state index is 0.129. The summed E-state index contributed by atoms with van der Waals surface area (Å²) >= 11 is 0. The highest BCUT2D eigenvalue weighted by atomic mass is 19.1. The molecule has 0 saturated carbocycles. The molecule has 0 radical (unpaired) electrons. The van der Waals surface area contributed by atoms with Crippen molar-refractivity contribution in [3.05, 3.63) is 58.2 Å². The number of nitrogens with one attached hydrogen (secondary N) is 2. The zero-order valence-corrected chi connectivity index (χ0v) is 17.1. The van der Waals surface area contributed by atoms with Gasteiger partial charge in [0.25, 0.3) is 5.91 Å². The van der Waals surface area contributed by atoms with E-state index in [1.807, 2.05) is 0 Å². The van der Waals surface area contributed by atoms with E-state index in [4.69, 9.17) is 4.74 Å². The van der Waals surface area contributed by atoms with Crippen LogP contribution in [0.1, 0.15) is 51.0 Å². The average Bonchev–Trinajstić information content (AvgIpc) is 3.15. The third kappa shape index (κ3) is 3.26. The van der Waals surface area contributed by atoms with Crippen LogP contribution in [-0.4, -0.2) is 47.2 Å². The number of hydrogen-bond donors (Lipinski definition) is 2. The number of ketones is 1. The molecule has 1 atom stereocenters. The van der Waals surface area contributed by atoms with Crippen LogP contribution in [0.2, 0.25) is 0 Å². The van der Waals surface area contributed by atoms with Crippen LogP contribution >= 0.6 is 0 Å². The standard InChI is InChI=1S/C21H22FN3O5/c1-5-21(13-6-8-14(22)9-7-13)19(28)25(20(29)24-21)10-15(26)17-11(2)16(12(3)23-17)18(27)30-4/h6-9,23H,5,10H2,1-4H3,(H,24,29). The Bertz CT molecular complexity index is 1040. The molecule has 1 saturated heterocycles. The fourth-order valence-electron chi connectivity index (χ4n) is 3.80. The van der Waals surface area contributed by atoms with Gasteiger partial charge in [-0.1, -0.05) is 19.1 Å².